The van der Waals surface area contributed by atoms with E-state index in [0.717, 1.165) is 23.4 Å². The largest absolute Gasteiger partial charge is 0.496 e. The van der Waals surface area contributed by atoms with Gasteiger partial charge in [-0.25, -0.2) is 9.97 Å². The summed E-state index contributed by atoms with van der Waals surface area (Å²) >= 11 is 6.05. The highest BCUT2D eigenvalue weighted by Crippen LogP contribution is 2.27. The van der Waals surface area contributed by atoms with Gasteiger partial charge in [0.05, 0.1) is 12.7 Å². The Morgan fingerprint density at radius 2 is 1.96 bits per heavy atom. The molecule has 1 amide bonds. The fourth-order valence-electron chi connectivity index (χ4n) is 2.80. The monoisotopic (exact) mass is 396 g/mol. The summed E-state index contributed by atoms with van der Waals surface area (Å²) in [5, 5.41) is 6.67. The van der Waals surface area contributed by atoms with Crippen molar-refractivity contribution in [3.63, 3.8) is 0 Å². The molecule has 0 atom stereocenters. The molecule has 1 aromatic heterocycles. The zero-order valence-corrected chi connectivity index (χ0v) is 16.7. The van der Waals surface area contributed by atoms with Crippen LogP contribution in [-0.2, 0) is 6.42 Å². The third-order valence-corrected chi connectivity index (χ3v) is 4.46. The molecule has 0 spiro atoms. The lowest BCUT2D eigenvalue weighted by Crippen LogP contribution is -2.14. The minimum atomic E-state index is -0.288. The molecular formula is C21H21ClN4O2. The number of amides is 1. The van der Waals surface area contributed by atoms with Gasteiger partial charge in [0.25, 0.3) is 5.91 Å². The maximum atomic E-state index is 12.8. The molecule has 7 heteroatoms. The fraction of sp³-hybridized carbons (Fsp3) is 0.190. The van der Waals surface area contributed by atoms with E-state index < -0.39 is 0 Å². The zero-order chi connectivity index (χ0) is 20.1. The van der Waals surface area contributed by atoms with Crippen LogP contribution in [0.5, 0.6) is 5.75 Å². The van der Waals surface area contributed by atoms with Crippen molar-refractivity contribution in [3.8, 4) is 5.75 Å². The summed E-state index contributed by atoms with van der Waals surface area (Å²) in [6.45, 7) is 3.93. The Labute approximate surface area is 168 Å². The molecule has 0 saturated carbocycles. The Balaban J connectivity index is 1.88. The highest BCUT2D eigenvalue weighted by Gasteiger charge is 2.15. The van der Waals surface area contributed by atoms with Gasteiger partial charge >= 0.3 is 0 Å². The van der Waals surface area contributed by atoms with Crippen molar-refractivity contribution >= 4 is 34.7 Å². The minimum Gasteiger partial charge on any atom is -0.496 e. The second-order valence-corrected chi connectivity index (χ2v) is 6.63. The van der Waals surface area contributed by atoms with Gasteiger partial charge in [-0.2, -0.15) is 0 Å². The van der Waals surface area contributed by atoms with E-state index in [9.17, 15) is 4.79 Å². The lowest BCUT2D eigenvalue weighted by molar-refractivity contribution is 0.102. The number of hydrogen-bond donors (Lipinski definition) is 2. The molecule has 3 rings (SSSR count). The van der Waals surface area contributed by atoms with Crippen LogP contribution in [0.2, 0.25) is 5.02 Å². The third kappa shape index (κ3) is 4.58. The van der Waals surface area contributed by atoms with Crippen molar-refractivity contribution < 1.29 is 9.53 Å². The number of carbonyl (C=O) groups excluding carboxylic acids is 1. The molecule has 2 N–H and O–H groups in total. The van der Waals surface area contributed by atoms with Gasteiger partial charge in [0.1, 0.15) is 17.9 Å². The van der Waals surface area contributed by atoms with E-state index >= 15 is 0 Å². The quantitative estimate of drug-likeness (QED) is 0.612. The summed E-state index contributed by atoms with van der Waals surface area (Å²) in [6, 6.07) is 12.6. The zero-order valence-electron chi connectivity index (χ0n) is 15.9. The van der Waals surface area contributed by atoms with E-state index in [1.807, 2.05) is 38.1 Å². The summed E-state index contributed by atoms with van der Waals surface area (Å²) in [5.74, 6) is 0.861. The molecule has 144 valence electrons. The van der Waals surface area contributed by atoms with Crippen molar-refractivity contribution in [2.45, 2.75) is 20.3 Å². The maximum Gasteiger partial charge on any atom is 0.259 e. The van der Waals surface area contributed by atoms with Gasteiger partial charge in [0.15, 0.2) is 0 Å². The van der Waals surface area contributed by atoms with E-state index in [-0.39, 0.29) is 5.91 Å². The maximum absolute atomic E-state index is 12.8. The first kappa shape index (κ1) is 19.6. The normalized spacial score (nSPS) is 10.4. The summed E-state index contributed by atoms with van der Waals surface area (Å²) < 4.78 is 5.28. The lowest BCUT2D eigenvalue weighted by atomic mass is 10.1. The molecule has 2 aromatic carbocycles. The predicted molar refractivity (Wildman–Crippen MR) is 112 cm³/mol. The van der Waals surface area contributed by atoms with E-state index in [1.165, 1.54) is 13.4 Å². The van der Waals surface area contributed by atoms with E-state index in [2.05, 4.69) is 20.6 Å². The SMILES string of the molecule is CCc1ccc(Nc2cc(C)ncn2)cc1NC(=O)c1cc(Cl)ccc1OC. The molecule has 6 nitrogen and oxygen atoms in total. The third-order valence-electron chi connectivity index (χ3n) is 4.22. The first-order valence-corrected chi connectivity index (χ1v) is 9.21. The number of halogens is 1. The van der Waals surface area contributed by atoms with Crippen LogP contribution in [0.1, 0.15) is 28.5 Å². The van der Waals surface area contributed by atoms with Gasteiger partial charge in [-0.3, -0.25) is 4.79 Å². The second-order valence-electron chi connectivity index (χ2n) is 6.19. The minimum absolute atomic E-state index is 0.288. The Kier molecular flexibility index (Phi) is 6.11. The van der Waals surface area contributed by atoms with Gasteiger partial charge in [0.2, 0.25) is 0 Å². The van der Waals surface area contributed by atoms with Crippen LogP contribution in [0.15, 0.2) is 48.8 Å². The first-order valence-electron chi connectivity index (χ1n) is 8.83. The Bertz CT molecular complexity index is 1010. The Morgan fingerprint density at radius 3 is 2.68 bits per heavy atom. The number of anilines is 3. The molecule has 0 aliphatic carbocycles. The van der Waals surface area contributed by atoms with Crippen LogP contribution in [0, 0.1) is 6.92 Å². The summed E-state index contributed by atoms with van der Waals surface area (Å²) in [7, 11) is 1.52. The number of aromatic nitrogens is 2. The Hall–Kier alpha value is -3.12. The number of hydrogen-bond acceptors (Lipinski definition) is 5. The van der Waals surface area contributed by atoms with Crippen molar-refractivity contribution in [2.24, 2.45) is 0 Å². The molecule has 0 aliphatic heterocycles. The van der Waals surface area contributed by atoms with Crippen LogP contribution in [-0.4, -0.2) is 23.0 Å². The number of benzene rings is 2. The van der Waals surface area contributed by atoms with Crippen molar-refractivity contribution in [2.75, 3.05) is 17.7 Å². The van der Waals surface area contributed by atoms with Crippen LogP contribution >= 0.6 is 11.6 Å². The number of nitrogens with one attached hydrogen (secondary N) is 2. The van der Waals surface area contributed by atoms with Crippen molar-refractivity contribution in [3.05, 3.63) is 70.6 Å². The van der Waals surface area contributed by atoms with Crippen molar-refractivity contribution in [1.29, 1.82) is 0 Å². The molecule has 0 radical (unpaired) electrons. The lowest BCUT2D eigenvalue weighted by Gasteiger charge is -2.14. The van der Waals surface area contributed by atoms with Crippen molar-refractivity contribution in [1.82, 2.24) is 9.97 Å². The fourth-order valence-corrected chi connectivity index (χ4v) is 2.97. The van der Waals surface area contributed by atoms with Gasteiger partial charge < -0.3 is 15.4 Å². The highest BCUT2D eigenvalue weighted by atomic mass is 35.5. The average Bonchev–Trinajstić information content (AvgIpc) is 2.68. The molecule has 1 heterocycles. The Morgan fingerprint density at radius 1 is 1.14 bits per heavy atom. The number of aryl methyl sites for hydroxylation is 2. The van der Waals surface area contributed by atoms with Gasteiger partial charge in [-0.05, 0) is 49.2 Å². The summed E-state index contributed by atoms with van der Waals surface area (Å²) in [5.41, 5.74) is 3.78. The van der Waals surface area contributed by atoms with Gasteiger partial charge in [-0.15, -0.1) is 0 Å². The summed E-state index contributed by atoms with van der Waals surface area (Å²) in [6.07, 6.45) is 2.28. The highest BCUT2D eigenvalue weighted by molar-refractivity contribution is 6.31. The molecule has 0 unspecified atom stereocenters. The number of ether oxygens (including phenoxy) is 1. The van der Waals surface area contributed by atoms with Crippen LogP contribution in [0.4, 0.5) is 17.2 Å². The molecule has 28 heavy (non-hydrogen) atoms. The van der Waals surface area contributed by atoms with E-state index in [4.69, 9.17) is 16.3 Å². The second kappa shape index (κ2) is 8.71. The molecular weight excluding hydrogens is 376 g/mol. The molecule has 3 aromatic rings. The van der Waals surface area contributed by atoms with Gasteiger partial charge in [-0.1, -0.05) is 24.6 Å². The first-order chi connectivity index (χ1) is 13.5. The van der Waals surface area contributed by atoms with Crippen LogP contribution in [0.3, 0.4) is 0 Å². The van der Waals surface area contributed by atoms with Crippen LogP contribution < -0.4 is 15.4 Å². The molecule has 0 saturated heterocycles. The predicted octanol–water partition coefficient (Wildman–Crippen LogP) is 5.01. The molecule has 0 bridgehead atoms. The molecule has 0 fully saturated rings. The number of methoxy groups -OCH3 is 1. The topological polar surface area (TPSA) is 76.1 Å². The number of nitrogens with zero attached hydrogens (tertiary/aromatic N) is 2. The van der Waals surface area contributed by atoms with E-state index in [1.54, 1.807) is 18.2 Å². The van der Waals surface area contributed by atoms with Crippen LogP contribution in [0.25, 0.3) is 0 Å². The average molecular weight is 397 g/mol. The van der Waals surface area contributed by atoms with E-state index in [0.29, 0.717) is 27.8 Å². The number of carbonyl (C=O) groups is 1. The molecule has 0 aliphatic rings. The standard InChI is InChI=1S/C21H21ClN4O2/c1-4-14-5-7-16(25-20-9-13(2)23-12-24-20)11-18(14)26-21(27)17-10-15(22)6-8-19(17)28-3/h5-12H,4H2,1-3H3,(H,26,27)(H,23,24,25). The van der Waals surface area contributed by atoms with Gasteiger partial charge in [0, 0.05) is 28.2 Å². The number of rotatable bonds is 6. The smallest absolute Gasteiger partial charge is 0.259 e. The summed E-state index contributed by atoms with van der Waals surface area (Å²) in [4.78, 5) is 21.1.